The predicted molar refractivity (Wildman–Crippen MR) is 381 cm³/mol. The molecular weight excluding hydrogens is 1350 g/mol. The summed E-state index contributed by atoms with van der Waals surface area (Å²) in [5.74, 6) is -16.3. The molecule has 104 heavy (non-hydrogen) atoms. The number of hydrogen-bond acceptors (Lipinski definition) is 21. The van der Waals surface area contributed by atoms with Crippen LogP contribution >= 0.6 is 0 Å². The first-order valence-corrected chi connectivity index (χ1v) is 35.3. The topological polar surface area (TPSA) is 495 Å². The zero-order chi connectivity index (χ0) is 78.2. The molecule has 33 heteroatoms. The van der Waals surface area contributed by atoms with E-state index in [0.717, 1.165) is 18.9 Å². The van der Waals surface area contributed by atoms with E-state index in [4.69, 9.17) is 15.2 Å². The molecule has 3 rings (SSSR count). The highest BCUT2D eigenvalue weighted by Crippen LogP contribution is 2.25. The normalized spacial score (nSPS) is 22.8. The van der Waals surface area contributed by atoms with Crippen molar-refractivity contribution in [1.82, 2.24) is 68.7 Å². The lowest BCUT2D eigenvalue weighted by Crippen LogP contribution is -2.64. The first-order chi connectivity index (χ1) is 48.9. The Morgan fingerprint density at radius 3 is 1.73 bits per heavy atom. The van der Waals surface area contributed by atoms with Gasteiger partial charge in [0.25, 0.3) is 5.91 Å². The standard InChI is InChI=1S/C71H112N14O19/c1-15-41(11)52-65(96)82-53(42(12)87)64(95)74-35-51(88)80-55(58(90)69(100)85(14)30-31-86)67(98)75-46(16-2)70(101)104-59(45-26-21-18-22-27-45)56(84-63(94)49(33-38(5)6)77-62(93)50(34-39(7)8)79-71(102)103-36-44-24-19-17-20-25-44)68(99)83-54(57(89)40(9)10)66(97)78-48(32-37(3)4)61(92)76-47(60(91)81-52)28-23-29-73-43(13)72/h17-22,24-27,37-42,46-50,52-59,73,86-87,89-90H,13,15-16,23,28-36,72H2,1-12,14H3,(H,74,95)(H,75,98)(H,76,92)(H,77,93)(H,78,97)(H,79,102)(H,80,88)(H,81,91)(H,82,96)(H,83,99)(H,84,94)/t41-,42-,46-,47+,48-,49-,50+,52-,53-,54-,55-,56-,57+,58-,59+/m0/s1. The zero-order valence-corrected chi connectivity index (χ0v) is 61.9. The quantitative estimate of drug-likeness (QED) is 0.0331. The van der Waals surface area contributed by atoms with Crippen LogP contribution in [0, 0.1) is 29.6 Å². The van der Waals surface area contributed by atoms with Crippen molar-refractivity contribution < 1.29 is 92.2 Å². The van der Waals surface area contributed by atoms with Gasteiger partial charge in [0.1, 0.15) is 67.0 Å². The average Bonchev–Trinajstić information content (AvgIpc) is 0.815. The summed E-state index contributed by atoms with van der Waals surface area (Å²) in [6.07, 6.45) is -9.35. The first kappa shape index (κ1) is 88.7. The molecule has 0 unspecified atom stereocenters. The summed E-state index contributed by atoms with van der Waals surface area (Å²) in [6.45, 7) is 20.8. The van der Waals surface area contributed by atoms with Gasteiger partial charge in [-0.1, -0.05) is 150 Å². The molecule has 0 bridgehead atoms. The molecule has 1 saturated heterocycles. The second-order valence-electron chi connectivity index (χ2n) is 27.7. The highest BCUT2D eigenvalue weighted by molar-refractivity contribution is 6.00. The molecule has 1 aliphatic heterocycles. The minimum absolute atomic E-state index is 0.0313. The number of nitrogens with zero attached hydrogens (tertiary/aromatic N) is 1. The van der Waals surface area contributed by atoms with Gasteiger partial charge in [-0.3, -0.25) is 52.7 Å². The van der Waals surface area contributed by atoms with Crippen LogP contribution in [0.4, 0.5) is 4.79 Å². The number of aliphatic hydroxyl groups excluding tert-OH is 4. The number of carbonyl (C=O) groups is 13. The van der Waals surface area contributed by atoms with Crippen molar-refractivity contribution in [3.05, 3.63) is 84.2 Å². The molecule has 2 aromatic rings. The molecule has 0 aliphatic carbocycles. The van der Waals surface area contributed by atoms with Crippen LogP contribution in [0.2, 0.25) is 0 Å². The second-order valence-corrected chi connectivity index (χ2v) is 27.7. The number of alkyl carbamates (subject to hydrolysis) is 1. The second kappa shape index (κ2) is 44.2. The van der Waals surface area contributed by atoms with Gasteiger partial charge in [0, 0.05) is 20.1 Å². The Kier molecular flexibility index (Phi) is 37.8. The van der Waals surface area contributed by atoms with Crippen LogP contribution < -0.4 is 69.5 Å². The van der Waals surface area contributed by atoms with Gasteiger partial charge in [-0.25, -0.2) is 9.59 Å². The summed E-state index contributed by atoms with van der Waals surface area (Å²) in [5.41, 5.74) is 6.38. The van der Waals surface area contributed by atoms with E-state index in [1.807, 2.05) is 0 Å². The third-order valence-corrected chi connectivity index (χ3v) is 17.0. The van der Waals surface area contributed by atoms with Crippen LogP contribution in [0.25, 0.3) is 0 Å². The van der Waals surface area contributed by atoms with Crippen LogP contribution in [0.5, 0.6) is 0 Å². The molecule has 0 radical (unpaired) electrons. The maximum atomic E-state index is 15.7. The largest absolute Gasteiger partial charge is 0.453 e. The predicted octanol–water partition coefficient (Wildman–Crippen LogP) is -1.34. The molecule has 12 amide bonds. The number of carbonyl (C=O) groups excluding carboxylic acids is 13. The van der Waals surface area contributed by atoms with Gasteiger partial charge < -0.3 is 104 Å². The number of amides is 12. The summed E-state index contributed by atoms with van der Waals surface area (Å²) in [6, 6.07) is -1.64. The van der Waals surface area contributed by atoms with Gasteiger partial charge in [0.15, 0.2) is 12.2 Å². The summed E-state index contributed by atoms with van der Waals surface area (Å²) in [4.78, 5) is 190. The Morgan fingerprint density at radius 1 is 0.644 bits per heavy atom. The van der Waals surface area contributed by atoms with Crippen molar-refractivity contribution in [2.24, 2.45) is 35.3 Å². The van der Waals surface area contributed by atoms with Gasteiger partial charge in [-0.15, -0.1) is 0 Å². The number of nitrogens with one attached hydrogen (secondary N) is 12. The van der Waals surface area contributed by atoms with Crippen LogP contribution in [0.1, 0.15) is 145 Å². The fourth-order valence-electron chi connectivity index (χ4n) is 10.9. The van der Waals surface area contributed by atoms with Crippen LogP contribution in [-0.2, 0) is 73.6 Å². The number of esters is 1. The summed E-state index contributed by atoms with van der Waals surface area (Å²) < 4.78 is 11.6. The Bertz CT molecular complexity index is 3200. The molecule has 18 N–H and O–H groups in total. The van der Waals surface area contributed by atoms with Gasteiger partial charge in [0.2, 0.25) is 59.1 Å². The van der Waals surface area contributed by atoms with Crippen molar-refractivity contribution in [1.29, 1.82) is 0 Å². The number of rotatable bonds is 29. The molecule has 1 fully saturated rings. The van der Waals surface area contributed by atoms with E-state index < -0.39 is 193 Å². The van der Waals surface area contributed by atoms with Crippen LogP contribution in [0.3, 0.4) is 0 Å². The SMILES string of the molecule is C=C(N)NCCC[C@H]1NC(=O)[C@H](CC(C)C)NC(=O)[C@H]([C@H](O)C(C)C)NC(=O)[C@@H](NC(=O)[C@H](CC(C)C)NC(=O)[C@@H](CC(C)C)NC(=O)OCc2ccccc2)[C@@H](c2ccccc2)OC(=O)[C@H](CC)NC(=O)[C@H]([C@H](O)C(=O)N(C)CCO)NC(=O)CNC(=O)[C@H]([C@H](C)O)NC(=O)[C@H]([C@@H](C)CC)NC1=O. The Morgan fingerprint density at radius 2 is 1.18 bits per heavy atom. The lowest BCUT2D eigenvalue weighted by molar-refractivity contribution is -0.158. The van der Waals surface area contributed by atoms with Crippen molar-refractivity contribution in [2.75, 3.05) is 33.3 Å². The van der Waals surface area contributed by atoms with E-state index in [-0.39, 0.29) is 87.9 Å². The van der Waals surface area contributed by atoms with Crippen molar-refractivity contribution in [3.63, 3.8) is 0 Å². The summed E-state index contributed by atoms with van der Waals surface area (Å²) in [7, 11) is 1.15. The lowest BCUT2D eigenvalue weighted by Gasteiger charge is -2.34. The van der Waals surface area contributed by atoms with E-state index in [1.54, 1.807) is 91.8 Å². The molecule has 1 heterocycles. The van der Waals surface area contributed by atoms with Crippen molar-refractivity contribution in [2.45, 2.75) is 219 Å². The van der Waals surface area contributed by atoms with E-state index in [9.17, 15) is 63.6 Å². The Balaban J connectivity index is 2.45. The molecule has 0 aromatic heterocycles. The summed E-state index contributed by atoms with van der Waals surface area (Å²) in [5, 5.41) is 74.6. The number of ether oxygens (including phenoxy) is 2. The zero-order valence-electron chi connectivity index (χ0n) is 61.9. The minimum Gasteiger partial charge on any atom is -0.453 e. The van der Waals surface area contributed by atoms with Gasteiger partial charge in [-0.2, -0.15) is 0 Å². The van der Waals surface area contributed by atoms with Crippen LogP contribution in [0.15, 0.2) is 73.1 Å². The molecular formula is C71H112N14O19. The highest BCUT2D eigenvalue weighted by Gasteiger charge is 2.44. The van der Waals surface area contributed by atoms with Crippen molar-refractivity contribution in [3.8, 4) is 0 Å². The third kappa shape index (κ3) is 29.3. The molecule has 1 aliphatic rings. The van der Waals surface area contributed by atoms with E-state index >= 15 is 19.2 Å². The highest BCUT2D eigenvalue weighted by atomic mass is 16.6. The minimum atomic E-state index is -2.48. The Hall–Kier alpha value is -9.47. The number of benzene rings is 2. The number of aliphatic hydroxyl groups is 4. The fraction of sp³-hybridized carbons (Fsp3) is 0.620. The van der Waals surface area contributed by atoms with E-state index in [2.05, 4.69) is 70.4 Å². The van der Waals surface area contributed by atoms with Gasteiger partial charge >= 0.3 is 12.1 Å². The summed E-state index contributed by atoms with van der Waals surface area (Å²) >= 11 is 0. The third-order valence-electron chi connectivity index (χ3n) is 17.0. The maximum absolute atomic E-state index is 15.7. The van der Waals surface area contributed by atoms with Gasteiger partial charge in [-0.05, 0) is 86.2 Å². The number of cyclic esters (lactones) is 1. The molecule has 0 spiro atoms. The fourth-order valence-corrected chi connectivity index (χ4v) is 10.9. The van der Waals surface area contributed by atoms with Crippen molar-refractivity contribution >= 4 is 77.0 Å². The number of nitrogens with two attached hydrogens (primary N) is 1. The molecule has 2 aromatic carbocycles. The lowest BCUT2D eigenvalue weighted by atomic mass is 9.95. The first-order valence-electron chi connectivity index (χ1n) is 35.3. The maximum Gasteiger partial charge on any atom is 0.408 e. The van der Waals surface area contributed by atoms with Gasteiger partial charge in [0.05, 0.1) is 31.2 Å². The number of hydrogen-bond donors (Lipinski definition) is 17. The average molecular weight is 1470 g/mol. The number of likely N-dealkylation sites (N-methyl/N-ethyl adjacent to an activating group) is 1. The molecule has 580 valence electrons. The molecule has 0 saturated carbocycles. The molecule has 33 nitrogen and oxygen atoms in total. The monoisotopic (exact) mass is 1460 g/mol. The Labute approximate surface area is 608 Å². The van der Waals surface area contributed by atoms with E-state index in [1.165, 1.54) is 45.0 Å². The molecule has 15 atom stereocenters. The smallest absolute Gasteiger partial charge is 0.408 e. The van der Waals surface area contributed by atoms with E-state index in [0.29, 0.717) is 5.56 Å². The van der Waals surface area contributed by atoms with Crippen LogP contribution in [-0.4, -0.2) is 214 Å².